The van der Waals surface area contributed by atoms with Crippen LogP contribution in [0.5, 0.6) is 0 Å². The van der Waals surface area contributed by atoms with Crippen molar-refractivity contribution in [1.82, 2.24) is 10.3 Å². The van der Waals surface area contributed by atoms with Crippen LogP contribution in [0.15, 0.2) is 60.4 Å². The molecule has 0 spiro atoms. The average Bonchev–Trinajstić information content (AvgIpc) is 2.60. The van der Waals surface area contributed by atoms with Crippen molar-refractivity contribution in [1.29, 1.82) is 0 Å². The van der Waals surface area contributed by atoms with Crippen molar-refractivity contribution in [3.63, 3.8) is 0 Å². The second-order valence-electron chi connectivity index (χ2n) is 5.49. The summed E-state index contributed by atoms with van der Waals surface area (Å²) >= 11 is 0. The molecule has 6 nitrogen and oxygen atoms in total. The van der Waals surface area contributed by atoms with E-state index in [1.54, 1.807) is 49.6 Å². The van der Waals surface area contributed by atoms with Gasteiger partial charge >= 0.3 is 0 Å². The van der Waals surface area contributed by atoms with Crippen molar-refractivity contribution >= 4 is 23.3 Å². The second kappa shape index (κ2) is 8.54. The number of rotatable bonds is 6. The van der Waals surface area contributed by atoms with Crippen LogP contribution in [0, 0.1) is 0 Å². The summed E-state index contributed by atoms with van der Waals surface area (Å²) in [7, 11) is 0. The van der Waals surface area contributed by atoms with E-state index in [0.29, 0.717) is 23.4 Å². The van der Waals surface area contributed by atoms with E-state index in [4.69, 9.17) is 0 Å². The molecule has 2 rings (SSSR count). The number of nitrogens with zero attached hydrogens (tertiary/aromatic N) is 1. The quantitative estimate of drug-likeness (QED) is 0.626. The van der Waals surface area contributed by atoms with Crippen molar-refractivity contribution in [3.8, 4) is 0 Å². The number of aromatic nitrogens is 1. The van der Waals surface area contributed by atoms with Gasteiger partial charge in [-0.1, -0.05) is 6.07 Å². The molecule has 6 heteroatoms. The first-order chi connectivity index (χ1) is 12.0. The zero-order chi connectivity index (χ0) is 18.2. The van der Waals surface area contributed by atoms with Crippen LogP contribution in [0.1, 0.15) is 29.8 Å². The lowest BCUT2D eigenvalue weighted by molar-refractivity contribution is -0.118. The maximum absolute atomic E-state index is 12.0. The molecule has 1 heterocycles. The summed E-state index contributed by atoms with van der Waals surface area (Å²) < 4.78 is 0. The van der Waals surface area contributed by atoms with Crippen molar-refractivity contribution < 1.29 is 14.4 Å². The molecule has 0 aliphatic heterocycles. The molecule has 0 atom stereocenters. The summed E-state index contributed by atoms with van der Waals surface area (Å²) in [5.41, 5.74) is 2.29. The summed E-state index contributed by atoms with van der Waals surface area (Å²) in [6, 6.07) is 10.2. The average molecular weight is 337 g/mol. The lowest BCUT2D eigenvalue weighted by Crippen LogP contribution is -2.24. The zero-order valence-corrected chi connectivity index (χ0v) is 14.1. The Balaban J connectivity index is 1.90. The zero-order valence-electron chi connectivity index (χ0n) is 14.1. The van der Waals surface area contributed by atoms with Crippen LogP contribution >= 0.6 is 0 Å². The highest BCUT2D eigenvalue weighted by atomic mass is 16.2. The number of hydrogen-bond acceptors (Lipinski definition) is 4. The Morgan fingerprint density at radius 2 is 1.80 bits per heavy atom. The fourth-order valence-corrected chi connectivity index (χ4v) is 2.05. The van der Waals surface area contributed by atoms with Gasteiger partial charge in [0.2, 0.25) is 11.8 Å². The Bertz CT molecular complexity index is 796. The molecule has 0 saturated carbocycles. The number of ketones is 1. The Labute approximate surface area is 146 Å². The molecule has 25 heavy (non-hydrogen) atoms. The highest BCUT2D eigenvalue weighted by Crippen LogP contribution is 2.10. The van der Waals surface area contributed by atoms with E-state index < -0.39 is 5.91 Å². The van der Waals surface area contributed by atoms with Crippen LogP contribution in [0.25, 0.3) is 0 Å². The summed E-state index contributed by atoms with van der Waals surface area (Å²) in [4.78, 5) is 39.2. The molecule has 2 amide bonds. The predicted molar refractivity (Wildman–Crippen MR) is 94.9 cm³/mol. The number of anilines is 1. The van der Waals surface area contributed by atoms with Gasteiger partial charge in [-0.25, -0.2) is 0 Å². The minimum Gasteiger partial charge on any atom is -0.348 e. The van der Waals surface area contributed by atoms with E-state index >= 15 is 0 Å². The molecular formula is C19H19N3O3. The highest BCUT2D eigenvalue weighted by molar-refractivity contribution is 6.06. The number of carbonyl (C=O) groups excluding carboxylic acids is 3. The fourth-order valence-electron chi connectivity index (χ4n) is 2.05. The minimum atomic E-state index is -0.412. The molecule has 128 valence electrons. The predicted octanol–water partition coefficient (Wildman–Crippen LogP) is 2.49. The van der Waals surface area contributed by atoms with E-state index in [0.717, 1.165) is 5.56 Å². The number of carbonyl (C=O) groups is 3. The first-order valence-corrected chi connectivity index (χ1v) is 7.73. The summed E-state index contributed by atoms with van der Waals surface area (Å²) in [5.74, 6) is -0.783. The van der Waals surface area contributed by atoms with E-state index in [9.17, 15) is 14.4 Å². The topological polar surface area (TPSA) is 88.2 Å². The second-order valence-corrected chi connectivity index (χ2v) is 5.49. The van der Waals surface area contributed by atoms with Gasteiger partial charge in [-0.15, -0.1) is 0 Å². The molecular weight excluding hydrogens is 318 g/mol. The van der Waals surface area contributed by atoms with E-state index in [1.807, 2.05) is 6.07 Å². The maximum atomic E-state index is 12.0. The third-order valence-corrected chi connectivity index (χ3v) is 3.44. The van der Waals surface area contributed by atoms with Gasteiger partial charge in [0.15, 0.2) is 5.78 Å². The largest absolute Gasteiger partial charge is 0.348 e. The lowest BCUT2D eigenvalue weighted by Gasteiger charge is -2.06. The van der Waals surface area contributed by atoms with Crippen molar-refractivity contribution in [3.05, 3.63) is 71.6 Å². The van der Waals surface area contributed by atoms with Gasteiger partial charge in [0, 0.05) is 41.8 Å². The Morgan fingerprint density at radius 1 is 1.08 bits per heavy atom. The molecule has 0 radical (unpaired) electrons. The summed E-state index contributed by atoms with van der Waals surface area (Å²) in [6.45, 7) is 3.38. The molecule has 1 aromatic carbocycles. The molecule has 0 unspecified atom stereocenters. The van der Waals surface area contributed by atoms with Gasteiger partial charge in [-0.3, -0.25) is 19.4 Å². The molecule has 1 aromatic heterocycles. The first kappa shape index (κ1) is 18.1. The summed E-state index contributed by atoms with van der Waals surface area (Å²) in [5, 5.41) is 5.37. The van der Waals surface area contributed by atoms with Gasteiger partial charge in [0.05, 0.1) is 0 Å². The molecule has 0 saturated heterocycles. The smallest absolute Gasteiger partial charge is 0.248 e. The van der Waals surface area contributed by atoms with Crippen LogP contribution < -0.4 is 10.6 Å². The number of amides is 2. The molecule has 0 bridgehead atoms. The molecule has 0 aliphatic carbocycles. The number of pyridine rings is 1. The number of hydrogen-bond donors (Lipinski definition) is 2. The molecule has 0 aliphatic rings. The van der Waals surface area contributed by atoms with Gasteiger partial charge in [0.25, 0.3) is 0 Å². The van der Waals surface area contributed by atoms with Gasteiger partial charge in [0.1, 0.15) is 0 Å². The number of Topliss-reactive ketones (excluding diaryl/α,β-unsaturated/α-hetero) is 1. The van der Waals surface area contributed by atoms with Crippen molar-refractivity contribution in [2.24, 2.45) is 0 Å². The minimum absolute atomic E-state index is 0.0427. The Kier molecular flexibility index (Phi) is 6.17. The molecule has 0 fully saturated rings. The molecule has 2 aromatic rings. The Morgan fingerprint density at radius 3 is 2.40 bits per heavy atom. The van der Waals surface area contributed by atoms with Crippen molar-refractivity contribution in [2.75, 3.05) is 5.32 Å². The van der Waals surface area contributed by atoms with Crippen LogP contribution in [0.4, 0.5) is 5.69 Å². The highest BCUT2D eigenvalue weighted by Gasteiger charge is 2.07. The van der Waals surface area contributed by atoms with Gasteiger partial charge in [-0.2, -0.15) is 0 Å². The number of nitrogens with one attached hydrogen (secondary N) is 2. The maximum Gasteiger partial charge on any atom is 0.248 e. The Hall–Kier alpha value is -3.28. The monoisotopic (exact) mass is 337 g/mol. The van der Waals surface area contributed by atoms with Gasteiger partial charge < -0.3 is 10.6 Å². The fraction of sp³-hybridized carbons (Fsp3) is 0.158. The van der Waals surface area contributed by atoms with Crippen LogP contribution in [-0.2, 0) is 16.1 Å². The van der Waals surface area contributed by atoms with Crippen LogP contribution in [-0.4, -0.2) is 22.6 Å². The van der Waals surface area contributed by atoms with Crippen molar-refractivity contribution in [2.45, 2.75) is 20.4 Å². The summed E-state index contributed by atoms with van der Waals surface area (Å²) in [6.07, 6.45) is 4.55. The standard InChI is InChI=1S/C19H19N3O3/c1-13(19(25)21-12-15-4-3-9-20-11-15)10-18(24)22-17-7-5-16(6-8-17)14(2)23/h3-11H,12H2,1-2H3,(H,21,25)(H,22,24)/b13-10-. The third-order valence-electron chi connectivity index (χ3n) is 3.44. The number of benzene rings is 1. The third kappa shape index (κ3) is 5.69. The van der Waals surface area contributed by atoms with Crippen LogP contribution in [0.2, 0.25) is 0 Å². The van der Waals surface area contributed by atoms with E-state index in [1.165, 1.54) is 13.0 Å². The van der Waals surface area contributed by atoms with Crippen LogP contribution in [0.3, 0.4) is 0 Å². The lowest BCUT2D eigenvalue weighted by atomic mass is 10.1. The van der Waals surface area contributed by atoms with E-state index in [-0.39, 0.29) is 11.7 Å². The first-order valence-electron chi connectivity index (χ1n) is 7.73. The van der Waals surface area contributed by atoms with E-state index in [2.05, 4.69) is 15.6 Å². The van der Waals surface area contributed by atoms with Gasteiger partial charge in [-0.05, 0) is 49.7 Å². The SMILES string of the molecule is CC(=O)c1ccc(NC(=O)/C=C(/C)C(=O)NCc2cccnc2)cc1. The normalized spacial score (nSPS) is 10.9. The molecule has 2 N–H and O–H groups in total.